The van der Waals surface area contributed by atoms with Crippen LogP contribution in [0, 0.1) is 6.92 Å². The highest BCUT2D eigenvalue weighted by Gasteiger charge is 2.24. The molecule has 1 fully saturated rings. The fraction of sp³-hybridized carbons (Fsp3) is 0.700. The molecule has 1 aliphatic heterocycles. The number of carbonyl (C=O) groups is 1. The molecule has 2 N–H and O–H groups in total. The van der Waals surface area contributed by atoms with Crippen molar-refractivity contribution >= 4 is 22.6 Å². The number of piperazine rings is 1. The van der Waals surface area contributed by atoms with Gasteiger partial charge in [-0.15, -0.1) is 0 Å². The smallest absolute Gasteiger partial charge is 0.239 e. The quantitative estimate of drug-likeness (QED) is 0.795. The Kier molecular flexibility index (Phi) is 3.58. The van der Waals surface area contributed by atoms with Crippen LogP contribution in [0.2, 0.25) is 0 Å². The highest BCUT2D eigenvalue weighted by atomic mass is 32.1. The maximum Gasteiger partial charge on any atom is 0.239 e. The maximum absolute atomic E-state index is 11.7. The molecule has 0 unspecified atom stereocenters. The van der Waals surface area contributed by atoms with Crippen LogP contribution in [0.15, 0.2) is 0 Å². The number of nitrogens with zero attached hydrogens (tertiary/aromatic N) is 4. The van der Waals surface area contributed by atoms with E-state index in [2.05, 4.69) is 14.3 Å². The van der Waals surface area contributed by atoms with E-state index >= 15 is 0 Å². The predicted molar refractivity (Wildman–Crippen MR) is 67.1 cm³/mol. The van der Waals surface area contributed by atoms with Gasteiger partial charge < -0.3 is 15.5 Å². The molecule has 1 aromatic rings. The van der Waals surface area contributed by atoms with Crippen LogP contribution in [0.25, 0.3) is 0 Å². The Labute approximate surface area is 105 Å². The van der Waals surface area contributed by atoms with E-state index in [9.17, 15) is 4.79 Å². The number of nitrogens with two attached hydrogens (primary N) is 1. The Morgan fingerprint density at radius 1 is 1.41 bits per heavy atom. The molecule has 94 valence electrons. The molecule has 6 nitrogen and oxygen atoms in total. The highest BCUT2D eigenvalue weighted by molar-refractivity contribution is 7.09. The second-order valence-electron chi connectivity index (χ2n) is 4.23. The van der Waals surface area contributed by atoms with Gasteiger partial charge in [-0.25, -0.2) is 4.98 Å². The number of hydrogen-bond acceptors (Lipinski definition) is 6. The summed E-state index contributed by atoms with van der Waals surface area (Å²) in [5.41, 5.74) is 5.59. The van der Waals surface area contributed by atoms with Crippen molar-refractivity contribution in [3.8, 4) is 0 Å². The number of hydrogen-bond donors (Lipinski definition) is 1. The lowest BCUT2D eigenvalue weighted by atomic mass is 10.2. The number of aromatic nitrogens is 2. The second kappa shape index (κ2) is 4.97. The summed E-state index contributed by atoms with van der Waals surface area (Å²) in [6.07, 6.45) is 0. The molecule has 0 bridgehead atoms. The summed E-state index contributed by atoms with van der Waals surface area (Å²) in [5.74, 6) is 0.831. The molecule has 0 aliphatic carbocycles. The fourth-order valence-corrected chi connectivity index (χ4v) is 2.55. The van der Waals surface area contributed by atoms with Crippen molar-refractivity contribution in [3.63, 3.8) is 0 Å². The summed E-state index contributed by atoms with van der Waals surface area (Å²) in [6.45, 7) is 6.62. The molecule has 0 aromatic carbocycles. The lowest BCUT2D eigenvalue weighted by molar-refractivity contribution is -0.132. The lowest BCUT2D eigenvalue weighted by Gasteiger charge is -2.35. The van der Waals surface area contributed by atoms with Crippen molar-refractivity contribution in [2.75, 3.05) is 31.1 Å². The van der Waals surface area contributed by atoms with Crippen LogP contribution >= 0.6 is 11.5 Å². The summed E-state index contributed by atoms with van der Waals surface area (Å²) in [6, 6.07) is -0.412. The monoisotopic (exact) mass is 255 g/mol. The first-order valence-corrected chi connectivity index (χ1v) is 6.45. The van der Waals surface area contributed by atoms with Crippen molar-refractivity contribution in [2.45, 2.75) is 19.9 Å². The van der Waals surface area contributed by atoms with E-state index in [1.165, 1.54) is 11.5 Å². The van der Waals surface area contributed by atoms with Gasteiger partial charge in [0.1, 0.15) is 5.82 Å². The third-order valence-electron chi connectivity index (χ3n) is 2.77. The van der Waals surface area contributed by atoms with Crippen molar-refractivity contribution in [3.05, 3.63) is 5.82 Å². The Hall–Kier alpha value is -1.21. The maximum atomic E-state index is 11.7. The van der Waals surface area contributed by atoms with E-state index in [1.54, 1.807) is 6.92 Å². The average Bonchev–Trinajstić information content (AvgIpc) is 2.75. The molecular weight excluding hydrogens is 238 g/mol. The van der Waals surface area contributed by atoms with Crippen molar-refractivity contribution in [1.29, 1.82) is 0 Å². The molecule has 0 spiro atoms. The Balaban J connectivity index is 1.92. The van der Waals surface area contributed by atoms with Crippen LogP contribution in [0.3, 0.4) is 0 Å². The van der Waals surface area contributed by atoms with Crippen LogP contribution in [-0.4, -0.2) is 52.4 Å². The molecule has 17 heavy (non-hydrogen) atoms. The molecule has 1 aromatic heterocycles. The van der Waals surface area contributed by atoms with E-state index in [-0.39, 0.29) is 5.91 Å². The van der Waals surface area contributed by atoms with Crippen LogP contribution in [-0.2, 0) is 4.79 Å². The molecule has 7 heteroatoms. The van der Waals surface area contributed by atoms with Gasteiger partial charge in [-0.2, -0.15) is 4.37 Å². The van der Waals surface area contributed by atoms with Crippen molar-refractivity contribution < 1.29 is 4.79 Å². The summed E-state index contributed by atoms with van der Waals surface area (Å²) in [5, 5.41) is 0.940. The first kappa shape index (κ1) is 12.3. The van der Waals surface area contributed by atoms with Gasteiger partial charge in [0.25, 0.3) is 0 Å². The molecule has 0 radical (unpaired) electrons. The topological polar surface area (TPSA) is 75.4 Å². The minimum atomic E-state index is -0.412. The zero-order chi connectivity index (χ0) is 12.4. The van der Waals surface area contributed by atoms with Crippen molar-refractivity contribution in [1.82, 2.24) is 14.3 Å². The van der Waals surface area contributed by atoms with E-state index in [1.807, 2.05) is 11.8 Å². The first-order valence-electron chi connectivity index (χ1n) is 5.67. The second-order valence-corrected chi connectivity index (χ2v) is 4.96. The van der Waals surface area contributed by atoms with Gasteiger partial charge in [0.2, 0.25) is 11.0 Å². The summed E-state index contributed by atoms with van der Waals surface area (Å²) in [7, 11) is 0. The molecular formula is C10H17N5OS. The van der Waals surface area contributed by atoms with Gasteiger partial charge in [-0.3, -0.25) is 4.79 Å². The van der Waals surface area contributed by atoms with Gasteiger partial charge in [-0.05, 0) is 13.8 Å². The SMILES string of the molecule is Cc1nsc(N2CCN(C(=O)[C@@H](C)N)CC2)n1. The average molecular weight is 255 g/mol. The Bertz CT molecular complexity index is 397. The van der Waals surface area contributed by atoms with Gasteiger partial charge >= 0.3 is 0 Å². The Morgan fingerprint density at radius 2 is 2.06 bits per heavy atom. The van der Waals surface area contributed by atoms with Gasteiger partial charge in [0.15, 0.2) is 0 Å². The van der Waals surface area contributed by atoms with Crippen molar-refractivity contribution in [2.24, 2.45) is 5.73 Å². The van der Waals surface area contributed by atoms with E-state index < -0.39 is 6.04 Å². The molecule has 2 heterocycles. The van der Waals surface area contributed by atoms with Crippen LogP contribution < -0.4 is 10.6 Å². The molecule has 1 saturated heterocycles. The molecule has 0 saturated carbocycles. The Morgan fingerprint density at radius 3 is 2.53 bits per heavy atom. The van der Waals surface area contributed by atoms with Gasteiger partial charge in [-0.1, -0.05) is 0 Å². The number of rotatable bonds is 2. The van der Waals surface area contributed by atoms with Crippen LogP contribution in [0.4, 0.5) is 5.13 Å². The highest BCUT2D eigenvalue weighted by Crippen LogP contribution is 2.18. The standard InChI is InChI=1S/C10H17N5OS/c1-7(11)9(16)14-3-5-15(6-4-14)10-12-8(2)13-17-10/h7H,3-6,11H2,1-2H3/t7-/m1/s1. The molecule has 1 amide bonds. The zero-order valence-electron chi connectivity index (χ0n) is 10.1. The number of amides is 1. The third-order valence-corrected chi connectivity index (χ3v) is 3.64. The minimum absolute atomic E-state index is 0.0260. The largest absolute Gasteiger partial charge is 0.343 e. The van der Waals surface area contributed by atoms with E-state index in [0.717, 1.165) is 24.0 Å². The normalized spacial score (nSPS) is 18.3. The summed E-state index contributed by atoms with van der Waals surface area (Å²) >= 11 is 1.41. The first-order chi connectivity index (χ1) is 8.08. The minimum Gasteiger partial charge on any atom is -0.343 e. The number of aryl methyl sites for hydroxylation is 1. The summed E-state index contributed by atoms with van der Waals surface area (Å²) < 4.78 is 4.16. The summed E-state index contributed by atoms with van der Waals surface area (Å²) in [4.78, 5) is 20.0. The molecule has 2 rings (SSSR count). The molecule has 1 aliphatic rings. The zero-order valence-corrected chi connectivity index (χ0v) is 10.9. The third kappa shape index (κ3) is 2.73. The van der Waals surface area contributed by atoms with Crippen LogP contribution in [0.1, 0.15) is 12.7 Å². The number of anilines is 1. The van der Waals surface area contributed by atoms with Gasteiger partial charge in [0, 0.05) is 37.7 Å². The van der Waals surface area contributed by atoms with Crippen LogP contribution in [0.5, 0.6) is 0 Å². The number of carbonyl (C=O) groups excluding carboxylic acids is 1. The fourth-order valence-electron chi connectivity index (χ4n) is 1.82. The van der Waals surface area contributed by atoms with E-state index in [0.29, 0.717) is 13.1 Å². The van der Waals surface area contributed by atoms with E-state index in [4.69, 9.17) is 5.73 Å². The van der Waals surface area contributed by atoms with Gasteiger partial charge in [0.05, 0.1) is 6.04 Å². The lowest BCUT2D eigenvalue weighted by Crippen LogP contribution is -2.52. The molecule has 1 atom stereocenters. The predicted octanol–water partition coefficient (Wildman–Crippen LogP) is -0.158.